The zero-order chi connectivity index (χ0) is 18.1. The van der Waals surface area contributed by atoms with Gasteiger partial charge in [0.2, 0.25) is 0 Å². The smallest absolute Gasteiger partial charge is 0.143 e. The van der Waals surface area contributed by atoms with Crippen LogP contribution < -0.4 is 5.32 Å². The number of nitrogens with one attached hydrogen (secondary N) is 1. The van der Waals surface area contributed by atoms with Gasteiger partial charge in [0.05, 0.1) is 0 Å². The minimum atomic E-state index is 0.720. The van der Waals surface area contributed by atoms with Crippen LogP contribution in [0.4, 0.5) is 11.5 Å². The molecule has 0 radical (unpaired) electrons. The Labute approximate surface area is 162 Å². The molecule has 2 aromatic heterocycles. The fraction of sp³-hybridized carbons (Fsp3) is 0.0952. The van der Waals surface area contributed by atoms with Gasteiger partial charge >= 0.3 is 0 Å². The summed E-state index contributed by atoms with van der Waals surface area (Å²) in [6.45, 7) is 2.08. The fourth-order valence-electron chi connectivity index (χ4n) is 2.89. The predicted octanol–water partition coefficient (Wildman–Crippen LogP) is 6.43. The lowest BCUT2D eigenvalue weighted by molar-refractivity contribution is 1.17. The Morgan fingerprint density at radius 1 is 1.00 bits per heavy atom. The van der Waals surface area contributed by atoms with Crippen molar-refractivity contribution < 1.29 is 0 Å². The Morgan fingerprint density at radius 3 is 2.42 bits per heavy atom. The molecular weight excluding hydrogens is 362 g/mol. The number of benzene rings is 2. The molecule has 0 saturated carbocycles. The monoisotopic (exact) mass is 379 g/mol. The second-order valence-corrected chi connectivity index (χ2v) is 7.42. The largest absolute Gasteiger partial charge is 0.339 e. The lowest BCUT2D eigenvalue weighted by Gasteiger charge is -2.09. The average molecular weight is 380 g/mol. The molecule has 0 spiro atoms. The number of pyridine rings is 1. The van der Waals surface area contributed by atoms with Gasteiger partial charge < -0.3 is 5.32 Å². The first-order valence-corrected chi connectivity index (χ1v) is 9.90. The third kappa shape index (κ3) is 3.30. The van der Waals surface area contributed by atoms with Crippen LogP contribution in [-0.4, -0.2) is 15.6 Å². The summed E-state index contributed by atoms with van der Waals surface area (Å²) in [7, 11) is 0. The number of hydrogen-bond donors (Lipinski definition) is 1. The molecule has 26 heavy (non-hydrogen) atoms. The number of hydrogen-bond acceptors (Lipinski definition) is 3. The first-order valence-electron chi connectivity index (χ1n) is 8.30. The van der Waals surface area contributed by atoms with Crippen LogP contribution in [0, 0.1) is 6.92 Å². The van der Waals surface area contributed by atoms with Crippen molar-refractivity contribution in [1.82, 2.24) is 9.38 Å². The van der Waals surface area contributed by atoms with Gasteiger partial charge in [-0.25, -0.2) is 4.98 Å². The molecule has 2 heterocycles. The summed E-state index contributed by atoms with van der Waals surface area (Å²) < 4.78 is 2.08. The van der Waals surface area contributed by atoms with Crippen LogP contribution in [0.25, 0.3) is 16.9 Å². The highest BCUT2D eigenvalue weighted by atomic mass is 35.5. The minimum Gasteiger partial charge on any atom is -0.339 e. The highest BCUT2D eigenvalue weighted by Gasteiger charge is 2.14. The number of imidazole rings is 1. The number of fused-ring (bicyclic) bond motifs is 1. The summed E-state index contributed by atoms with van der Waals surface area (Å²) in [6, 6.07) is 20.4. The first-order chi connectivity index (χ1) is 12.6. The molecule has 0 bridgehead atoms. The summed E-state index contributed by atoms with van der Waals surface area (Å²) in [4.78, 5) is 6.12. The highest BCUT2D eigenvalue weighted by molar-refractivity contribution is 7.98. The van der Waals surface area contributed by atoms with Crippen molar-refractivity contribution in [1.29, 1.82) is 0 Å². The lowest BCUT2D eigenvalue weighted by atomic mass is 10.1. The summed E-state index contributed by atoms with van der Waals surface area (Å²) in [6.07, 6.45) is 4.13. The zero-order valence-electron chi connectivity index (χ0n) is 14.5. The molecule has 5 heteroatoms. The van der Waals surface area contributed by atoms with E-state index >= 15 is 0 Å². The third-order valence-corrected chi connectivity index (χ3v) is 5.25. The molecule has 0 atom stereocenters. The van der Waals surface area contributed by atoms with Crippen molar-refractivity contribution >= 4 is 40.5 Å². The van der Waals surface area contributed by atoms with Crippen LogP contribution in [0.3, 0.4) is 0 Å². The molecular formula is C21H18ClN3S. The number of thioether (sulfide) groups is 1. The van der Waals surface area contributed by atoms with Crippen LogP contribution in [0.5, 0.6) is 0 Å². The van der Waals surface area contributed by atoms with E-state index < -0.39 is 0 Å². The fourth-order valence-corrected chi connectivity index (χ4v) is 3.42. The predicted molar refractivity (Wildman–Crippen MR) is 112 cm³/mol. The number of halogens is 1. The molecule has 0 saturated heterocycles. The van der Waals surface area contributed by atoms with Crippen LogP contribution in [-0.2, 0) is 0 Å². The van der Waals surface area contributed by atoms with Gasteiger partial charge in [0.1, 0.15) is 17.2 Å². The average Bonchev–Trinajstić information content (AvgIpc) is 3.01. The first kappa shape index (κ1) is 17.0. The van der Waals surface area contributed by atoms with Gasteiger partial charge in [-0.3, -0.25) is 4.40 Å². The quantitative estimate of drug-likeness (QED) is 0.414. The molecule has 1 N–H and O–H groups in total. The maximum atomic E-state index is 6.01. The molecule has 0 aliphatic rings. The molecule has 0 aliphatic carbocycles. The molecule has 0 fully saturated rings. The van der Waals surface area contributed by atoms with E-state index in [1.807, 2.05) is 24.3 Å². The van der Waals surface area contributed by atoms with Crippen molar-refractivity contribution in [3.63, 3.8) is 0 Å². The van der Waals surface area contributed by atoms with E-state index in [4.69, 9.17) is 16.6 Å². The van der Waals surface area contributed by atoms with Crippen molar-refractivity contribution in [2.75, 3.05) is 11.6 Å². The molecule has 4 aromatic rings. The number of aryl methyl sites for hydroxylation is 1. The lowest BCUT2D eigenvalue weighted by Crippen LogP contribution is -1.97. The van der Waals surface area contributed by atoms with Gasteiger partial charge in [-0.15, -0.1) is 11.8 Å². The molecule has 0 aliphatic heterocycles. The third-order valence-electron chi connectivity index (χ3n) is 4.25. The van der Waals surface area contributed by atoms with Gasteiger partial charge in [-0.05, 0) is 67.3 Å². The number of nitrogens with zero attached hydrogens (tertiary/aromatic N) is 2. The summed E-state index contributed by atoms with van der Waals surface area (Å²) in [5, 5.41) is 4.23. The molecule has 0 unspecified atom stereocenters. The standard InChI is InChI=1S/C21H18ClN3S/c1-14-11-12-25-19(13-14)24-20(15-3-9-18(26-2)10-4-15)21(25)23-17-7-5-16(22)6-8-17/h3-13,23H,1-2H3. The number of aromatic nitrogens is 2. The van der Waals surface area contributed by atoms with Crippen molar-refractivity contribution in [2.45, 2.75) is 11.8 Å². The Kier molecular flexibility index (Phi) is 4.62. The Balaban J connectivity index is 1.85. The van der Waals surface area contributed by atoms with Gasteiger partial charge in [-0.2, -0.15) is 0 Å². The molecule has 4 rings (SSSR count). The summed E-state index contributed by atoms with van der Waals surface area (Å²) in [5.41, 5.74) is 5.09. The SMILES string of the molecule is CSc1ccc(-c2nc3cc(C)ccn3c2Nc2ccc(Cl)cc2)cc1. The molecule has 0 amide bonds. The van der Waals surface area contributed by atoms with Crippen LogP contribution in [0.2, 0.25) is 5.02 Å². The zero-order valence-corrected chi connectivity index (χ0v) is 16.1. The van der Waals surface area contributed by atoms with E-state index in [-0.39, 0.29) is 0 Å². The van der Waals surface area contributed by atoms with E-state index in [0.29, 0.717) is 0 Å². The van der Waals surface area contributed by atoms with E-state index in [9.17, 15) is 0 Å². The van der Waals surface area contributed by atoms with Gasteiger partial charge in [0, 0.05) is 27.4 Å². The van der Waals surface area contributed by atoms with Gasteiger partial charge in [0.15, 0.2) is 0 Å². The Hall–Kier alpha value is -2.43. The molecule has 3 nitrogen and oxygen atoms in total. The van der Waals surface area contributed by atoms with Gasteiger partial charge in [0.25, 0.3) is 0 Å². The maximum absolute atomic E-state index is 6.01. The highest BCUT2D eigenvalue weighted by Crippen LogP contribution is 2.32. The van der Waals surface area contributed by atoms with Crippen LogP contribution in [0.15, 0.2) is 71.8 Å². The molecule has 2 aromatic carbocycles. The second-order valence-electron chi connectivity index (χ2n) is 6.10. The minimum absolute atomic E-state index is 0.720. The van der Waals surface area contributed by atoms with E-state index in [0.717, 1.165) is 33.4 Å². The maximum Gasteiger partial charge on any atom is 0.143 e. The van der Waals surface area contributed by atoms with Crippen LogP contribution in [0.1, 0.15) is 5.56 Å². The topological polar surface area (TPSA) is 29.3 Å². The van der Waals surface area contributed by atoms with Gasteiger partial charge in [-0.1, -0.05) is 23.7 Å². The number of rotatable bonds is 4. The van der Waals surface area contributed by atoms with Crippen LogP contribution >= 0.6 is 23.4 Å². The normalized spacial score (nSPS) is 11.0. The van der Waals surface area contributed by atoms with Crippen molar-refractivity contribution in [3.8, 4) is 11.3 Å². The van der Waals surface area contributed by atoms with E-state index in [1.165, 1.54) is 10.5 Å². The Morgan fingerprint density at radius 2 is 1.73 bits per heavy atom. The summed E-state index contributed by atoms with van der Waals surface area (Å²) >= 11 is 7.75. The molecule has 130 valence electrons. The van der Waals surface area contributed by atoms with E-state index in [2.05, 4.69) is 65.5 Å². The van der Waals surface area contributed by atoms with E-state index in [1.54, 1.807) is 11.8 Å². The van der Waals surface area contributed by atoms with Crippen molar-refractivity contribution in [2.24, 2.45) is 0 Å². The second kappa shape index (κ2) is 7.06. The summed E-state index contributed by atoms with van der Waals surface area (Å²) in [5.74, 6) is 0.944. The Bertz CT molecular complexity index is 1050. The number of anilines is 2. The van der Waals surface area contributed by atoms with Crippen molar-refractivity contribution in [3.05, 3.63) is 77.4 Å².